The molecule has 7 nitrogen and oxygen atoms in total. The molecular formula is C24H24N6OS2. The van der Waals surface area contributed by atoms with Gasteiger partial charge in [-0.25, -0.2) is 14.6 Å². The minimum Gasteiger partial charge on any atom is -0.384 e. The number of thiazole rings is 1. The fourth-order valence-electron chi connectivity index (χ4n) is 4.12. The molecule has 0 saturated carbocycles. The Bertz CT molecular complexity index is 1330. The van der Waals surface area contributed by atoms with E-state index in [1.807, 2.05) is 35.9 Å². The normalized spacial score (nSPS) is 12.7. The predicted molar refractivity (Wildman–Crippen MR) is 136 cm³/mol. The summed E-state index contributed by atoms with van der Waals surface area (Å²) in [6.07, 6.45) is 4.48. The fraction of sp³-hybridized carbons (Fsp3) is 0.250. The summed E-state index contributed by atoms with van der Waals surface area (Å²) in [7, 11) is 0. The second kappa shape index (κ2) is 8.99. The molecule has 33 heavy (non-hydrogen) atoms. The van der Waals surface area contributed by atoms with Gasteiger partial charge in [0.2, 0.25) is 0 Å². The molecule has 3 N–H and O–H groups in total. The molecule has 0 fully saturated rings. The van der Waals surface area contributed by atoms with Crippen molar-refractivity contribution in [1.82, 2.24) is 19.7 Å². The fourth-order valence-corrected chi connectivity index (χ4v) is 5.68. The first-order valence-electron chi connectivity index (χ1n) is 10.9. The Balaban J connectivity index is 1.71. The summed E-state index contributed by atoms with van der Waals surface area (Å²) in [4.78, 5) is 22.3. The topological polar surface area (TPSA) is 98.7 Å². The number of anilines is 2. The number of pyridine rings is 1. The summed E-state index contributed by atoms with van der Waals surface area (Å²) in [6, 6.07) is 12.0. The molecule has 0 bridgehead atoms. The molecule has 1 amide bonds. The van der Waals surface area contributed by atoms with Crippen LogP contribution in [0.1, 0.15) is 30.2 Å². The zero-order valence-corrected chi connectivity index (χ0v) is 20.1. The highest BCUT2D eigenvalue weighted by Crippen LogP contribution is 2.43. The van der Waals surface area contributed by atoms with Crippen molar-refractivity contribution in [2.24, 2.45) is 0 Å². The van der Waals surface area contributed by atoms with Crippen LogP contribution in [0.25, 0.3) is 27.5 Å². The lowest BCUT2D eigenvalue weighted by molar-refractivity contribution is 0.270. The maximum Gasteiger partial charge on any atom is 0.285 e. The summed E-state index contributed by atoms with van der Waals surface area (Å²) < 4.78 is 2.03. The number of benzene rings is 1. The molecule has 3 aromatic heterocycles. The molecule has 5 rings (SSSR count). The Morgan fingerprint density at radius 2 is 2.09 bits per heavy atom. The van der Waals surface area contributed by atoms with Crippen molar-refractivity contribution in [2.75, 3.05) is 16.8 Å². The van der Waals surface area contributed by atoms with Gasteiger partial charge in [-0.15, -0.1) is 0 Å². The van der Waals surface area contributed by atoms with Gasteiger partial charge in [-0.3, -0.25) is 10.1 Å². The lowest BCUT2D eigenvalue weighted by Crippen LogP contribution is -2.04. The van der Waals surface area contributed by atoms with E-state index in [0.29, 0.717) is 10.9 Å². The van der Waals surface area contributed by atoms with Crippen molar-refractivity contribution in [3.63, 3.8) is 0 Å². The zero-order valence-electron chi connectivity index (χ0n) is 18.5. The van der Waals surface area contributed by atoms with E-state index in [4.69, 9.17) is 15.8 Å². The largest absolute Gasteiger partial charge is 0.384 e. The van der Waals surface area contributed by atoms with E-state index in [9.17, 15) is 4.79 Å². The van der Waals surface area contributed by atoms with E-state index in [2.05, 4.69) is 29.4 Å². The van der Waals surface area contributed by atoms with E-state index in [1.165, 1.54) is 28.7 Å². The number of hydrogen-bond donors (Lipinski definition) is 2. The van der Waals surface area contributed by atoms with Gasteiger partial charge in [0.1, 0.15) is 5.82 Å². The summed E-state index contributed by atoms with van der Waals surface area (Å²) in [5.74, 6) is 1.21. The zero-order chi connectivity index (χ0) is 22.9. The molecule has 0 radical (unpaired) electrons. The third-order valence-electron chi connectivity index (χ3n) is 5.62. The van der Waals surface area contributed by atoms with Crippen molar-refractivity contribution >= 4 is 39.3 Å². The number of fused-ring (bicyclic) bond motifs is 3. The number of amides is 1. The van der Waals surface area contributed by atoms with Crippen LogP contribution in [0, 0.1) is 6.92 Å². The number of hydrogen-bond acceptors (Lipinski definition) is 7. The van der Waals surface area contributed by atoms with E-state index in [0.717, 1.165) is 63.8 Å². The Hall–Kier alpha value is -3.17. The van der Waals surface area contributed by atoms with Gasteiger partial charge in [0.05, 0.1) is 27.6 Å². The average Bonchev–Trinajstić information content (AvgIpc) is 3.31. The van der Waals surface area contributed by atoms with Gasteiger partial charge in [-0.1, -0.05) is 48.2 Å². The van der Waals surface area contributed by atoms with Gasteiger partial charge in [0.15, 0.2) is 5.13 Å². The molecule has 168 valence electrons. The minimum absolute atomic E-state index is 0.0808. The predicted octanol–water partition coefficient (Wildman–Crippen LogP) is 5.72. The van der Waals surface area contributed by atoms with Crippen molar-refractivity contribution in [3.8, 4) is 27.5 Å². The molecule has 1 aliphatic carbocycles. The third kappa shape index (κ3) is 4.14. The summed E-state index contributed by atoms with van der Waals surface area (Å²) in [6.45, 7) is 4.05. The number of nitrogen functional groups attached to an aromatic ring is 1. The van der Waals surface area contributed by atoms with Crippen LogP contribution >= 0.6 is 23.1 Å². The lowest BCUT2D eigenvalue weighted by atomic mass is 10.0. The molecule has 1 aromatic carbocycles. The maximum atomic E-state index is 12.2. The first kappa shape index (κ1) is 21.7. The minimum atomic E-state index is -0.0808. The van der Waals surface area contributed by atoms with Crippen LogP contribution in [0.2, 0.25) is 0 Å². The quantitative estimate of drug-likeness (QED) is 0.391. The average molecular weight is 477 g/mol. The molecule has 9 heteroatoms. The van der Waals surface area contributed by atoms with Crippen LogP contribution < -0.4 is 11.1 Å². The van der Waals surface area contributed by atoms with Crippen molar-refractivity contribution in [1.29, 1.82) is 0 Å². The third-order valence-corrected chi connectivity index (χ3v) is 7.30. The molecule has 0 atom stereocenters. The highest BCUT2D eigenvalue weighted by Gasteiger charge is 2.29. The number of rotatable bonds is 4. The van der Waals surface area contributed by atoms with Gasteiger partial charge in [-0.2, -0.15) is 5.10 Å². The van der Waals surface area contributed by atoms with Gasteiger partial charge in [0, 0.05) is 17.3 Å². The van der Waals surface area contributed by atoms with Gasteiger partial charge in [0.25, 0.3) is 5.24 Å². The van der Waals surface area contributed by atoms with E-state index >= 15 is 0 Å². The molecule has 0 aliphatic heterocycles. The van der Waals surface area contributed by atoms with Crippen molar-refractivity contribution in [2.45, 2.75) is 33.1 Å². The van der Waals surface area contributed by atoms with Crippen LogP contribution in [-0.2, 0) is 12.8 Å². The van der Waals surface area contributed by atoms with Gasteiger partial charge in [-0.05, 0) is 55.7 Å². The Morgan fingerprint density at radius 3 is 2.85 bits per heavy atom. The molecular weight excluding hydrogens is 452 g/mol. The maximum absolute atomic E-state index is 12.2. The van der Waals surface area contributed by atoms with Crippen molar-refractivity contribution < 1.29 is 4.79 Å². The van der Waals surface area contributed by atoms with Crippen molar-refractivity contribution in [3.05, 3.63) is 59.4 Å². The van der Waals surface area contributed by atoms with E-state index in [1.54, 1.807) is 6.20 Å². The van der Waals surface area contributed by atoms with Crippen LogP contribution in [0.3, 0.4) is 0 Å². The lowest BCUT2D eigenvalue weighted by Gasteiger charge is -2.10. The summed E-state index contributed by atoms with van der Waals surface area (Å²) in [5.41, 5.74) is 13.1. The Labute approximate surface area is 200 Å². The molecule has 0 saturated heterocycles. The molecule has 1 aliphatic rings. The summed E-state index contributed by atoms with van der Waals surface area (Å²) >= 11 is 2.77. The molecule has 3 heterocycles. The number of nitrogens with zero attached hydrogens (tertiary/aromatic N) is 4. The van der Waals surface area contributed by atoms with Crippen LogP contribution in [0.4, 0.5) is 15.7 Å². The number of thioether (sulfide) groups is 1. The first-order chi connectivity index (χ1) is 16.0. The SMILES string of the molecule is CCSC(=O)Nc1nc2c(s1)-c1c(c(-c3ccc(N)nc3)nn1-c1ccccc1C)CCC2. The van der Waals surface area contributed by atoms with E-state index < -0.39 is 0 Å². The van der Waals surface area contributed by atoms with Crippen LogP contribution in [0.5, 0.6) is 0 Å². The molecule has 4 aromatic rings. The first-order valence-corrected chi connectivity index (χ1v) is 12.7. The smallest absolute Gasteiger partial charge is 0.285 e. The number of para-hydroxylation sites is 1. The number of carbonyl (C=O) groups is 1. The number of carbonyl (C=O) groups excluding carboxylic acids is 1. The Morgan fingerprint density at radius 1 is 1.24 bits per heavy atom. The number of nitrogens with one attached hydrogen (secondary N) is 1. The second-order valence-corrected chi connectivity index (χ2v) is 10.1. The highest BCUT2D eigenvalue weighted by molar-refractivity contribution is 8.13. The van der Waals surface area contributed by atoms with Gasteiger partial charge < -0.3 is 5.73 Å². The number of nitrogens with two attached hydrogens (primary N) is 1. The highest BCUT2D eigenvalue weighted by atomic mass is 32.2. The Kier molecular flexibility index (Phi) is 5.90. The number of aromatic nitrogens is 4. The van der Waals surface area contributed by atoms with Crippen LogP contribution in [-0.4, -0.2) is 30.7 Å². The second-order valence-electron chi connectivity index (χ2n) is 7.84. The number of aryl methyl sites for hydroxylation is 2. The van der Waals surface area contributed by atoms with E-state index in [-0.39, 0.29) is 5.24 Å². The molecule has 0 spiro atoms. The van der Waals surface area contributed by atoms with Crippen LogP contribution in [0.15, 0.2) is 42.6 Å². The monoisotopic (exact) mass is 476 g/mol. The molecule has 0 unspecified atom stereocenters. The van der Waals surface area contributed by atoms with Gasteiger partial charge >= 0.3 is 0 Å². The standard InChI is InChI=1S/C24H24N6OS2/c1-3-32-24(31)28-23-27-17-9-6-8-16-20(15-11-12-19(25)26-13-15)29-30(21(16)22(17)33-23)18-10-5-4-7-14(18)2/h4-5,7,10-13H,3,6,8-9H2,1-2H3,(H2,25,26)(H,27,28,31). The summed E-state index contributed by atoms with van der Waals surface area (Å²) in [5, 5.41) is 8.58.